The van der Waals surface area contributed by atoms with E-state index in [1.807, 2.05) is 127 Å². The second-order valence-corrected chi connectivity index (χ2v) is 28.0. The molecule has 5 saturated heterocycles. The van der Waals surface area contributed by atoms with Crippen LogP contribution in [0.25, 0.3) is 22.6 Å². The molecule has 0 bridgehead atoms. The number of fused-ring (bicyclic) bond motifs is 1. The smallest absolute Gasteiger partial charge is 0.376 e. The summed E-state index contributed by atoms with van der Waals surface area (Å²) in [7, 11) is -0.765. The highest BCUT2D eigenvalue weighted by molar-refractivity contribution is 6.45. The normalized spacial score (nSPS) is 16.2. The van der Waals surface area contributed by atoms with Crippen molar-refractivity contribution in [1.29, 1.82) is 0 Å². The number of Topliss-reactive ketones (excluding diaryl/α,β-unsaturated/α-hetero) is 1. The molecule has 5 fully saturated rings. The van der Waals surface area contributed by atoms with Crippen molar-refractivity contribution in [1.82, 2.24) is 39.9 Å². The van der Waals surface area contributed by atoms with Crippen molar-refractivity contribution < 1.29 is 59.4 Å². The molecule has 0 aliphatic carbocycles. The number of halogens is 2. The lowest BCUT2D eigenvalue weighted by atomic mass is 9.80. The summed E-state index contributed by atoms with van der Waals surface area (Å²) in [5, 5.41) is 81.3. The molecule has 0 atom stereocenters. The number of ether oxygens (including phenoxy) is 2. The zero-order valence-corrected chi connectivity index (χ0v) is 62.6. The molecule has 12 N–H and O–H groups in total. The number of H-pyrrole nitrogens is 1. The number of aromatic nitrogens is 5. The molecule has 4 aromatic heterocycles. The Balaban J connectivity index is 0.000000676. The number of nitrogens with one attached hydrogen (secondary N) is 2. The number of ketones is 1. The maximum absolute atomic E-state index is 10.7. The Morgan fingerprint density at radius 1 is 0.532 bits per heavy atom. The summed E-state index contributed by atoms with van der Waals surface area (Å²) in [6.07, 6.45) is 8.12. The number of nitrogens with two attached hydrogens (primary N) is 2. The van der Waals surface area contributed by atoms with Crippen molar-refractivity contribution in [2.24, 2.45) is 0 Å². The predicted octanol–water partition coefficient (Wildman–Crippen LogP) is 13.2. The number of rotatable bonds is 14. The molecule has 4 aromatic carbocycles. The number of aldehydes is 1. The molecule has 0 amide bonds. The highest BCUT2D eigenvalue weighted by Gasteiger charge is 2.32. The zero-order chi connectivity index (χ0) is 76.3. The molecule has 0 saturated carbocycles. The Bertz CT molecular complexity index is 4000. The van der Waals surface area contributed by atoms with Crippen molar-refractivity contribution >= 4 is 96.0 Å². The molecule has 610 valence electrons. The van der Waals surface area contributed by atoms with Crippen LogP contribution in [-0.4, -0.2) is 189 Å². The number of aromatic amines is 1. The van der Waals surface area contributed by atoms with Crippen LogP contribution in [0.5, 0.6) is 11.5 Å². The van der Waals surface area contributed by atoms with Gasteiger partial charge in [-0.15, -0.1) is 12.4 Å². The number of hydrogen-bond donors (Lipinski definition) is 10. The Morgan fingerprint density at radius 2 is 0.919 bits per heavy atom. The quantitative estimate of drug-likeness (QED) is 0.0159. The third-order valence-electron chi connectivity index (χ3n) is 18.4. The van der Waals surface area contributed by atoms with Gasteiger partial charge in [0.2, 0.25) is 11.6 Å². The van der Waals surface area contributed by atoms with E-state index in [4.69, 9.17) is 47.5 Å². The van der Waals surface area contributed by atoms with Crippen LogP contribution < -0.4 is 36.1 Å². The molecule has 0 spiro atoms. The number of nitro groups is 2. The van der Waals surface area contributed by atoms with Crippen LogP contribution in [0, 0.1) is 20.2 Å². The fourth-order valence-electron chi connectivity index (χ4n) is 11.3. The Hall–Kier alpha value is -8.91. The van der Waals surface area contributed by atoms with E-state index in [1.54, 1.807) is 44.0 Å². The van der Waals surface area contributed by atoms with Crippen LogP contribution in [-0.2, 0) is 18.0 Å². The molecule has 8 aromatic rings. The minimum atomic E-state index is -0.636. The monoisotopic (exact) mass is 1580 g/mol. The van der Waals surface area contributed by atoms with E-state index in [1.165, 1.54) is 18.2 Å². The number of carbonyl (C=O) groups is 2. The Kier molecular flexibility index (Phi) is 43.4. The number of hydrogen-bond acceptors (Lipinski definition) is 25. The molecule has 32 heteroatoms. The molecule has 111 heavy (non-hydrogen) atoms. The molecule has 9 heterocycles. The van der Waals surface area contributed by atoms with Gasteiger partial charge >= 0.3 is 25.5 Å². The van der Waals surface area contributed by atoms with Gasteiger partial charge in [0.25, 0.3) is 0 Å². The van der Waals surface area contributed by atoms with Crippen LogP contribution in [0.1, 0.15) is 151 Å². The van der Waals surface area contributed by atoms with Gasteiger partial charge in [-0.25, -0.2) is 19.9 Å². The van der Waals surface area contributed by atoms with E-state index in [0.717, 1.165) is 143 Å². The van der Waals surface area contributed by atoms with E-state index in [9.17, 15) is 55.3 Å². The fourth-order valence-corrected chi connectivity index (χ4v) is 11.5. The van der Waals surface area contributed by atoms with Crippen molar-refractivity contribution in [3.8, 4) is 22.9 Å². The number of anilines is 4. The van der Waals surface area contributed by atoms with Gasteiger partial charge < -0.3 is 81.1 Å². The van der Waals surface area contributed by atoms with Crippen molar-refractivity contribution in [3.05, 3.63) is 188 Å². The number of nitrogens with zero attached hydrogens (tertiary/aromatic N) is 10. The number of imidazole rings is 1. The Labute approximate surface area is 667 Å². The predicted molar refractivity (Wildman–Crippen MR) is 451 cm³/mol. The van der Waals surface area contributed by atoms with Crippen LogP contribution in [0.2, 0.25) is 18.8 Å². The second kappa shape index (κ2) is 48.1. The highest BCUT2D eigenvalue weighted by Crippen LogP contribution is 2.31. The van der Waals surface area contributed by atoms with Crippen molar-refractivity contribution in [2.45, 2.75) is 178 Å². The molecule has 0 unspecified atom stereocenters. The second-order valence-electron chi connectivity index (χ2n) is 27.6. The lowest BCUT2D eigenvalue weighted by Crippen LogP contribution is -2.48. The standard InChI is InChI=1S/C25H26N4O2.C14H12O2.C11H16N4O3.C7H16BNO2.C6H12BNO2.C6H13NO.C5H4ClN3O2.5CH4.ClH/c1-25(30)13-15-29(16-14-25)22-12-11-21-24(27-22)28-23(26-21)19-7-9-20(10-8-19)31-17-18-5-3-2-4-6-18;15-10-12-6-8-14(9-7-12)16-11-13-4-2-1-3-5-13;1-11(16)4-6-14(7-5-11)9-3-2-8(15(17)18)10(12)13-9;1-7(10)3-5-9(6-4-7)8(2)11;1-7(10)8-4-2-6(9)3-5-8;1-6(8)2-4-7-5-3-6;6-4-2-1-3(9(10)11)5(7)8-4;;;;;;/h2-12,30H,13-17H2,1H3,(H,26,27,28);1-10H,11H2;2-3,16H,4-7H2,1H3,(H2,12,13);10-11H,3-6H2,1-2H3;10H,2-5H2,1H3;7-8H,2-5H2,1H3;1-2H,(H2,7,8);5*1H4;1H. The summed E-state index contributed by atoms with van der Waals surface area (Å²) in [5.41, 5.74) is 13.8. The van der Waals surface area contributed by atoms with Gasteiger partial charge in [0.15, 0.2) is 5.65 Å². The highest BCUT2D eigenvalue weighted by atomic mass is 35.5. The van der Waals surface area contributed by atoms with E-state index < -0.39 is 33.7 Å². The zero-order valence-electron chi connectivity index (χ0n) is 61.0. The van der Waals surface area contributed by atoms with Gasteiger partial charge in [-0.05, 0) is 216 Å². The van der Waals surface area contributed by atoms with Gasteiger partial charge in [-0.1, -0.05) is 109 Å². The SMILES string of the molecule is C.C.C.C.C.CB(O)N1CCC(=O)CC1.CB(O)N1CCC(C)(O)CC1.CC1(O)CCN(c2ccc([N+](=O)[O-])c(N)n2)CC1.CC1(O)CCN(c2ccc3[nH]c(-c4ccc(OCc5ccccc5)cc4)nc3n2)CC1.CC1(O)CCNCC1.Cl.Nc1nc(Cl)ccc1[N+](=O)[O-].O=Cc1ccc(OCc2ccccc2)cc1. The first-order valence-corrected chi connectivity index (χ1v) is 35.5. The summed E-state index contributed by atoms with van der Waals surface area (Å²) in [5.74, 6) is 3.99. The summed E-state index contributed by atoms with van der Waals surface area (Å²) >= 11 is 5.41. The lowest BCUT2D eigenvalue weighted by molar-refractivity contribution is -0.384. The fraction of sp³-hybridized carbons (Fsp3) is 0.468. The maximum atomic E-state index is 10.7. The number of nitrogen functional groups attached to an aromatic ring is 2. The van der Waals surface area contributed by atoms with E-state index in [2.05, 4.69) is 37.3 Å². The first kappa shape index (κ1) is 100. The molecule has 13 rings (SSSR count). The molecule has 0 radical (unpaired) electrons. The number of carbonyl (C=O) groups excluding carboxylic acids is 2. The van der Waals surface area contributed by atoms with Crippen LogP contribution in [0.15, 0.2) is 146 Å². The minimum Gasteiger partial charge on any atom is -0.489 e. The Morgan fingerprint density at radius 3 is 1.32 bits per heavy atom. The topological polar surface area (TPSA) is 405 Å². The van der Waals surface area contributed by atoms with Gasteiger partial charge in [-0.3, -0.25) is 29.8 Å². The summed E-state index contributed by atoms with van der Waals surface area (Å²) in [6.45, 7) is 19.9. The number of benzene rings is 4. The van der Waals surface area contributed by atoms with Gasteiger partial charge in [0.1, 0.15) is 59.4 Å². The van der Waals surface area contributed by atoms with E-state index >= 15 is 0 Å². The molecule has 28 nitrogen and oxygen atoms in total. The average Bonchev–Trinajstić information content (AvgIpc) is 1.68. The van der Waals surface area contributed by atoms with Gasteiger partial charge in [0, 0.05) is 62.3 Å². The maximum Gasteiger partial charge on any atom is 0.376 e. The van der Waals surface area contributed by atoms with E-state index in [0.29, 0.717) is 74.8 Å². The van der Waals surface area contributed by atoms with Crippen molar-refractivity contribution in [3.63, 3.8) is 0 Å². The molecule has 5 aliphatic heterocycles. The largest absolute Gasteiger partial charge is 0.489 e. The summed E-state index contributed by atoms with van der Waals surface area (Å²) < 4.78 is 11.4. The van der Waals surface area contributed by atoms with Gasteiger partial charge in [0.05, 0.1) is 37.8 Å². The van der Waals surface area contributed by atoms with E-state index in [-0.39, 0.29) is 90.4 Å². The average molecular weight is 1580 g/mol. The number of pyridine rings is 3. The molecule has 5 aliphatic rings. The summed E-state index contributed by atoms with van der Waals surface area (Å²) in [6, 6.07) is 44.6. The van der Waals surface area contributed by atoms with Crippen LogP contribution in [0.4, 0.5) is 34.6 Å². The first-order valence-electron chi connectivity index (χ1n) is 35.2. The molecular formula is C79H120B2Cl2N14O14. The minimum absolute atomic E-state index is 0. The van der Waals surface area contributed by atoms with Crippen molar-refractivity contribution in [2.75, 3.05) is 86.7 Å². The number of aliphatic hydroxyl groups is 4. The summed E-state index contributed by atoms with van der Waals surface area (Å²) in [4.78, 5) is 69.2. The molecular weight excluding hydrogens is 1460 g/mol. The lowest BCUT2D eigenvalue weighted by Gasteiger charge is -2.36. The van der Waals surface area contributed by atoms with Gasteiger partial charge in [-0.2, -0.15) is 0 Å². The third kappa shape index (κ3) is 34.3. The first-order chi connectivity index (χ1) is 49.9. The van der Waals surface area contributed by atoms with Crippen LogP contribution in [0.3, 0.4) is 0 Å². The van der Waals surface area contributed by atoms with Crippen LogP contribution >= 0.6 is 24.0 Å². The number of piperidine rings is 5. The third-order valence-corrected chi connectivity index (χ3v) is 18.6.